The summed E-state index contributed by atoms with van der Waals surface area (Å²) in [4.78, 5) is 13.1. The molecule has 2 aliphatic rings. The zero-order valence-electron chi connectivity index (χ0n) is 22.3. The van der Waals surface area contributed by atoms with Crippen LogP contribution in [0.2, 0.25) is 0 Å². The molecule has 0 unspecified atom stereocenters. The Morgan fingerprint density at radius 1 is 0.829 bits per heavy atom. The van der Waals surface area contributed by atoms with Gasteiger partial charge in [-0.05, 0) is 44.3 Å². The number of benzene rings is 4. The molecule has 41 heavy (non-hydrogen) atoms. The number of ether oxygens (including phenoxy) is 2. The average molecular weight is 565 g/mol. The van der Waals surface area contributed by atoms with Crippen LogP contribution in [0.5, 0.6) is 0 Å². The number of nitrogens with one attached hydrogen (secondary N) is 1. The predicted octanol–water partition coefficient (Wildman–Crippen LogP) is -0.818. The molecule has 4 aromatic carbocycles. The van der Waals surface area contributed by atoms with Gasteiger partial charge in [-0.1, -0.05) is 54.6 Å². The minimum atomic E-state index is -1.43. The first-order chi connectivity index (χ1) is 19.6. The molecule has 10 atom stereocenters. The number of carbonyl (C=O) groups excluding carboxylic acids is 1. The molecule has 11 heteroatoms. The molecular weight excluding hydrogens is 528 g/mol. The first-order valence-electron chi connectivity index (χ1n) is 13.9. The van der Waals surface area contributed by atoms with Crippen LogP contribution in [0.1, 0.15) is 12.0 Å². The highest BCUT2D eigenvalue weighted by Gasteiger charge is 2.48. The Labute approximate surface area is 236 Å². The van der Waals surface area contributed by atoms with Crippen molar-refractivity contribution in [3.05, 3.63) is 60.2 Å². The van der Waals surface area contributed by atoms with Gasteiger partial charge < -0.3 is 52.4 Å². The van der Waals surface area contributed by atoms with Crippen LogP contribution in [0.3, 0.4) is 0 Å². The first-order valence-corrected chi connectivity index (χ1v) is 13.9. The highest BCUT2D eigenvalue weighted by Crippen LogP contribution is 2.36. The number of aliphatic hydroxyl groups is 4. The Morgan fingerprint density at radius 3 is 2.22 bits per heavy atom. The van der Waals surface area contributed by atoms with Gasteiger partial charge in [0, 0.05) is 18.6 Å². The van der Waals surface area contributed by atoms with Crippen LogP contribution < -0.4 is 22.5 Å². The fourth-order valence-corrected chi connectivity index (χ4v) is 6.27. The summed E-state index contributed by atoms with van der Waals surface area (Å²) in [7, 11) is 0. The van der Waals surface area contributed by atoms with E-state index in [1.807, 2.05) is 24.3 Å². The molecule has 2 fully saturated rings. The van der Waals surface area contributed by atoms with Crippen LogP contribution in [0.4, 0.5) is 0 Å². The van der Waals surface area contributed by atoms with Gasteiger partial charge in [0.25, 0.3) is 0 Å². The molecule has 1 aliphatic carbocycles. The van der Waals surface area contributed by atoms with Crippen LogP contribution in [0.15, 0.2) is 54.6 Å². The fourth-order valence-electron chi connectivity index (χ4n) is 6.27. The van der Waals surface area contributed by atoms with Crippen molar-refractivity contribution in [3.8, 4) is 0 Å². The Bertz CT molecular complexity index is 1540. The number of rotatable bonds is 6. The van der Waals surface area contributed by atoms with Crippen LogP contribution in [-0.4, -0.2) is 93.9 Å². The minimum absolute atomic E-state index is 0.0975. The maximum absolute atomic E-state index is 13.1. The molecule has 1 heterocycles. The average Bonchev–Trinajstić information content (AvgIpc) is 2.97. The van der Waals surface area contributed by atoms with E-state index in [4.69, 9.17) is 26.7 Å². The standard InChI is InChI=1S/C30H36N4O7/c31-18-11-19(32)29(28(39)25(18)36)41-30-24(33)27(38)26(37)20(40-30)12-34-21(35)10-16-7-6-15-5-4-13-2-1-3-14-8-9-17(16)23(15)22(13)14/h1-9,18-20,24-30,36-39H,10-12,31-33H2,(H,34,35)/t18-,19+,20-,24-,25+,26-,27-,28-,29-,30-/m1/s1. The molecule has 0 spiro atoms. The molecule has 0 bridgehead atoms. The Balaban J connectivity index is 1.15. The molecule has 1 amide bonds. The predicted molar refractivity (Wildman–Crippen MR) is 153 cm³/mol. The van der Waals surface area contributed by atoms with Gasteiger partial charge in [0.1, 0.15) is 30.5 Å². The number of hydrogen-bond donors (Lipinski definition) is 8. The van der Waals surface area contributed by atoms with Crippen molar-refractivity contribution in [1.29, 1.82) is 0 Å². The van der Waals surface area contributed by atoms with Crippen molar-refractivity contribution in [1.82, 2.24) is 5.32 Å². The zero-order chi connectivity index (χ0) is 29.0. The second-order valence-corrected chi connectivity index (χ2v) is 11.3. The monoisotopic (exact) mass is 564 g/mol. The highest BCUT2D eigenvalue weighted by molar-refractivity contribution is 6.23. The van der Waals surface area contributed by atoms with Crippen molar-refractivity contribution >= 4 is 38.2 Å². The second-order valence-electron chi connectivity index (χ2n) is 11.3. The van der Waals surface area contributed by atoms with E-state index in [1.165, 1.54) is 0 Å². The van der Waals surface area contributed by atoms with Crippen LogP contribution >= 0.6 is 0 Å². The normalized spacial score (nSPS) is 34.4. The third-order valence-electron chi connectivity index (χ3n) is 8.60. The van der Waals surface area contributed by atoms with E-state index in [-0.39, 0.29) is 25.3 Å². The number of amides is 1. The van der Waals surface area contributed by atoms with Crippen LogP contribution in [0, 0.1) is 0 Å². The van der Waals surface area contributed by atoms with E-state index in [0.29, 0.717) is 0 Å². The van der Waals surface area contributed by atoms with Crippen molar-refractivity contribution < 1.29 is 34.7 Å². The smallest absolute Gasteiger partial charge is 0.224 e. The third-order valence-corrected chi connectivity index (χ3v) is 8.60. The fraction of sp³-hybridized carbons (Fsp3) is 0.433. The Kier molecular flexibility index (Phi) is 7.57. The molecule has 6 rings (SSSR count). The molecule has 1 saturated heterocycles. The van der Waals surface area contributed by atoms with E-state index in [0.717, 1.165) is 37.9 Å². The molecule has 11 N–H and O–H groups in total. The van der Waals surface area contributed by atoms with E-state index in [1.54, 1.807) is 0 Å². The van der Waals surface area contributed by atoms with E-state index in [2.05, 4.69) is 35.6 Å². The van der Waals surface area contributed by atoms with Gasteiger partial charge in [-0.3, -0.25) is 4.79 Å². The maximum Gasteiger partial charge on any atom is 0.224 e. The van der Waals surface area contributed by atoms with Gasteiger partial charge in [0.2, 0.25) is 5.91 Å². The number of carbonyl (C=O) groups is 1. The Morgan fingerprint density at radius 2 is 1.49 bits per heavy atom. The number of nitrogens with two attached hydrogens (primary N) is 3. The van der Waals surface area contributed by atoms with Crippen LogP contribution in [0.25, 0.3) is 32.3 Å². The molecule has 11 nitrogen and oxygen atoms in total. The van der Waals surface area contributed by atoms with E-state index >= 15 is 0 Å². The number of aliphatic hydroxyl groups excluding tert-OH is 4. The van der Waals surface area contributed by atoms with Gasteiger partial charge in [0.15, 0.2) is 6.29 Å². The summed E-state index contributed by atoms with van der Waals surface area (Å²) in [5, 5.41) is 51.3. The number of hydrogen-bond acceptors (Lipinski definition) is 10. The van der Waals surface area contributed by atoms with Crippen LogP contribution in [-0.2, 0) is 20.7 Å². The zero-order valence-corrected chi connectivity index (χ0v) is 22.3. The lowest BCUT2D eigenvalue weighted by Crippen LogP contribution is -2.67. The summed E-state index contributed by atoms with van der Waals surface area (Å²) in [6.45, 7) is -0.123. The van der Waals surface area contributed by atoms with Gasteiger partial charge in [-0.15, -0.1) is 0 Å². The van der Waals surface area contributed by atoms with Crippen molar-refractivity contribution in [2.45, 2.75) is 73.9 Å². The Hall–Kier alpha value is -2.97. The minimum Gasteiger partial charge on any atom is -0.389 e. The lowest BCUT2D eigenvalue weighted by molar-refractivity contribution is -0.288. The van der Waals surface area contributed by atoms with E-state index < -0.39 is 61.0 Å². The lowest BCUT2D eigenvalue weighted by Gasteiger charge is -2.45. The van der Waals surface area contributed by atoms with Crippen molar-refractivity contribution in [3.63, 3.8) is 0 Å². The third kappa shape index (κ3) is 5.03. The molecule has 1 saturated carbocycles. The van der Waals surface area contributed by atoms with Gasteiger partial charge in [-0.2, -0.15) is 0 Å². The quantitative estimate of drug-likeness (QED) is 0.137. The summed E-state index contributed by atoms with van der Waals surface area (Å²) in [6.07, 6.45) is -8.57. The molecule has 0 aromatic heterocycles. The second kappa shape index (κ2) is 11.0. The van der Waals surface area contributed by atoms with Crippen molar-refractivity contribution in [2.24, 2.45) is 17.2 Å². The summed E-state index contributed by atoms with van der Waals surface area (Å²) >= 11 is 0. The summed E-state index contributed by atoms with van der Waals surface area (Å²) < 4.78 is 11.7. The summed E-state index contributed by atoms with van der Waals surface area (Å²) in [5.74, 6) is -0.292. The van der Waals surface area contributed by atoms with Gasteiger partial charge >= 0.3 is 0 Å². The maximum atomic E-state index is 13.1. The molecule has 218 valence electrons. The molecule has 1 aliphatic heterocycles. The molecule has 4 aromatic rings. The topological polar surface area (TPSA) is 207 Å². The lowest BCUT2D eigenvalue weighted by atomic mass is 9.84. The SMILES string of the molecule is N[C@H]1[C@@H](O[C@H]2[C@H](O)[C@@H](O)[C@H](N)C[C@@H]2N)O[C@H](CNC(=O)Cc2ccc3ccc4cccc5ccc2c3c45)[C@@H](O)[C@@H]1O. The summed E-state index contributed by atoms with van der Waals surface area (Å²) in [5.41, 5.74) is 18.8. The van der Waals surface area contributed by atoms with Crippen molar-refractivity contribution in [2.75, 3.05) is 6.54 Å². The molecule has 0 radical (unpaired) electrons. The molecular formula is C30H36N4O7. The van der Waals surface area contributed by atoms with E-state index in [9.17, 15) is 25.2 Å². The largest absolute Gasteiger partial charge is 0.389 e. The van der Waals surface area contributed by atoms with Gasteiger partial charge in [0.05, 0.1) is 18.6 Å². The van der Waals surface area contributed by atoms with Gasteiger partial charge in [-0.25, -0.2) is 0 Å². The highest BCUT2D eigenvalue weighted by atomic mass is 16.7. The summed E-state index contributed by atoms with van der Waals surface area (Å²) in [6, 6.07) is 15.8. The first kappa shape index (κ1) is 28.2.